The fourth-order valence-corrected chi connectivity index (χ4v) is 4.12. The first-order chi connectivity index (χ1) is 13.9. The number of halogens is 2. The van der Waals surface area contributed by atoms with Gasteiger partial charge in [0, 0.05) is 19.2 Å². The fourth-order valence-electron chi connectivity index (χ4n) is 4.12. The lowest BCUT2D eigenvalue weighted by Crippen LogP contribution is -2.37. The van der Waals surface area contributed by atoms with E-state index in [0.717, 1.165) is 47.4 Å². The SMILES string of the molecule is Cc1ccc(C2=C(N3CCCCC3)C(=O)N(c3ccc(F)c(F)c3)C2=O)c(C)c1. The van der Waals surface area contributed by atoms with E-state index in [1.165, 1.54) is 6.07 Å². The van der Waals surface area contributed by atoms with Gasteiger partial charge in [-0.1, -0.05) is 23.8 Å². The van der Waals surface area contributed by atoms with E-state index in [1.54, 1.807) is 0 Å². The lowest BCUT2D eigenvalue weighted by Gasteiger charge is -2.29. The summed E-state index contributed by atoms with van der Waals surface area (Å²) in [5, 5.41) is 0. The molecule has 0 aliphatic carbocycles. The van der Waals surface area contributed by atoms with E-state index in [0.29, 0.717) is 29.9 Å². The molecule has 0 atom stereocenters. The Morgan fingerprint density at radius 1 is 0.828 bits per heavy atom. The second-order valence-corrected chi connectivity index (χ2v) is 7.63. The largest absolute Gasteiger partial charge is 0.366 e. The van der Waals surface area contributed by atoms with Gasteiger partial charge in [0.1, 0.15) is 5.70 Å². The average Bonchev–Trinajstić information content (AvgIpc) is 2.95. The zero-order chi connectivity index (χ0) is 20.7. The predicted octanol–water partition coefficient (Wildman–Crippen LogP) is 4.35. The number of imide groups is 1. The van der Waals surface area contributed by atoms with Crippen LogP contribution in [0.5, 0.6) is 0 Å². The van der Waals surface area contributed by atoms with Crippen molar-refractivity contribution in [2.75, 3.05) is 18.0 Å². The number of rotatable bonds is 3. The molecule has 0 spiro atoms. The van der Waals surface area contributed by atoms with Gasteiger partial charge in [-0.25, -0.2) is 13.7 Å². The Kier molecular flexibility index (Phi) is 4.94. The molecule has 4 nitrogen and oxygen atoms in total. The molecule has 4 rings (SSSR count). The first-order valence-corrected chi connectivity index (χ1v) is 9.79. The number of likely N-dealkylation sites (tertiary alicyclic amines) is 1. The quantitative estimate of drug-likeness (QED) is 0.724. The van der Waals surface area contributed by atoms with Crippen molar-refractivity contribution in [2.24, 2.45) is 0 Å². The van der Waals surface area contributed by atoms with Gasteiger partial charge in [0.05, 0.1) is 11.3 Å². The third kappa shape index (κ3) is 3.33. The van der Waals surface area contributed by atoms with Gasteiger partial charge in [-0.15, -0.1) is 0 Å². The normalized spacial score (nSPS) is 17.5. The van der Waals surface area contributed by atoms with E-state index in [-0.39, 0.29) is 5.69 Å². The van der Waals surface area contributed by atoms with Crippen LogP contribution in [0.15, 0.2) is 42.1 Å². The summed E-state index contributed by atoms with van der Waals surface area (Å²) in [7, 11) is 0. The van der Waals surface area contributed by atoms with Gasteiger partial charge in [0.15, 0.2) is 11.6 Å². The van der Waals surface area contributed by atoms with Crippen LogP contribution >= 0.6 is 0 Å². The predicted molar refractivity (Wildman–Crippen MR) is 107 cm³/mol. The van der Waals surface area contributed by atoms with E-state index in [9.17, 15) is 18.4 Å². The number of anilines is 1. The van der Waals surface area contributed by atoms with Crippen molar-refractivity contribution in [1.29, 1.82) is 0 Å². The molecule has 29 heavy (non-hydrogen) atoms. The second kappa shape index (κ2) is 7.43. The summed E-state index contributed by atoms with van der Waals surface area (Å²) in [5.41, 5.74) is 3.36. The molecule has 2 amide bonds. The van der Waals surface area contributed by atoms with Crippen molar-refractivity contribution < 1.29 is 18.4 Å². The highest BCUT2D eigenvalue weighted by Gasteiger charge is 2.43. The number of hydrogen-bond donors (Lipinski definition) is 0. The Morgan fingerprint density at radius 3 is 2.21 bits per heavy atom. The van der Waals surface area contributed by atoms with Gasteiger partial charge in [0.2, 0.25) is 0 Å². The van der Waals surface area contributed by atoms with Crippen molar-refractivity contribution in [3.8, 4) is 0 Å². The molecule has 2 aliphatic rings. The zero-order valence-corrected chi connectivity index (χ0v) is 16.5. The van der Waals surface area contributed by atoms with Crippen LogP contribution in [-0.2, 0) is 9.59 Å². The summed E-state index contributed by atoms with van der Waals surface area (Å²) in [4.78, 5) is 29.7. The summed E-state index contributed by atoms with van der Waals surface area (Å²) in [5.74, 6) is -3.11. The first-order valence-electron chi connectivity index (χ1n) is 9.79. The molecule has 2 aliphatic heterocycles. The molecule has 6 heteroatoms. The van der Waals surface area contributed by atoms with Crippen LogP contribution in [0.1, 0.15) is 36.0 Å². The standard InChI is InChI=1S/C23H22F2N2O2/c1-14-6-8-17(15(2)12-14)20-21(26-10-4-3-5-11-26)23(29)27(22(20)28)16-7-9-18(24)19(25)13-16/h6-9,12-13H,3-5,10-11H2,1-2H3. The molecule has 0 aromatic heterocycles. The summed E-state index contributed by atoms with van der Waals surface area (Å²) in [6.45, 7) is 5.25. The molecule has 1 fully saturated rings. The highest BCUT2D eigenvalue weighted by Crippen LogP contribution is 2.37. The maximum atomic E-state index is 13.8. The van der Waals surface area contributed by atoms with Crippen LogP contribution in [0, 0.1) is 25.5 Å². The number of piperidine rings is 1. The summed E-state index contributed by atoms with van der Waals surface area (Å²) in [6.07, 6.45) is 2.96. The molecular weight excluding hydrogens is 374 g/mol. The van der Waals surface area contributed by atoms with E-state index < -0.39 is 23.4 Å². The molecule has 0 N–H and O–H groups in total. The van der Waals surface area contributed by atoms with Crippen molar-refractivity contribution in [3.05, 3.63) is 70.4 Å². The van der Waals surface area contributed by atoms with E-state index in [2.05, 4.69) is 0 Å². The van der Waals surface area contributed by atoms with Crippen LogP contribution in [0.3, 0.4) is 0 Å². The summed E-state index contributed by atoms with van der Waals surface area (Å²) < 4.78 is 27.2. The van der Waals surface area contributed by atoms with Gasteiger partial charge in [0.25, 0.3) is 11.8 Å². The Labute approximate surface area is 168 Å². The lowest BCUT2D eigenvalue weighted by atomic mass is 9.97. The van der Waals surface area contributed by atoms with Crippen LogP contribution in [0.2, 0.25) is 0 Å². The number of amides is 2. The van der Waals surface area contributed by atoms with Gasteiger partial charge < -0.3 is 4.90 Å². The maximum absolute atomic E-state index is 13.8. The smallest absolute Gasteiger partial charge is 0.282 e. The number of nitrogens with zero attached hydrogens (tertiary/aromatic N) is 2. The molecule has 2 heterocycles. The molecule has 2 aromatic carbocycles. The average molecular weight is 396 g/mol. The number of hydrogen-bond acceptors (Lipinski definition) is 3. The maximum Gasteiger partial charge on any atom is 0.282 e. The minimum Gasteiger partial charge on any atom is -0.366 e. The van der Waals surface area contributed by atoms with Crippen molar-refractivity contribution >= 4 is 23.1 Å². The van der Waals surface area contributed by atoms with E-state index in [1.807, 2.05) is 36.9 Å². The number of carbonyl (C=O) groups excluding carboxylic acids is 2. The number of aryl methyl sites for hydroxylation is 2. The minimum atomic E-state index is -1.09. The highest BCUT2D eigenvalue weighted by molar-refractivity contribution is 6.45. The molecule has 2 aromatic rings. The van der Waals surface area contributed by atoms with Crippen molar-refractivity contribution in [1.82, 2.24) is 4.90 Å². The Balaban J connectivity index is 1.86. The lowest BCUT2D eigenvalue weighted by molar-refractivity contribution is -0.120. The molecule has 0 bridgehead atoms. The first kappa shape index (κ1) is 19.3. The van der Waals surface area contributed by atoms with Crippen molar-refractivity contribution in [2.45, 2.75) is 33.1 Å². The molecule has 0 unspecified atom stereocenters. The van der Waals surface area contributed by atoms with Crippen LogP contribution in [0.4, 0.5) is 14.5 Å². The van der Waals surface area contributed by atoms with E-state index in [4.69, 9.17) is 0 Å². The molecule has 1 saturated heterocycles. The van der Waals surface area contributed by atoms with Crippen LogP contribution in [0.25, 0.3) is 5.57 Å². The Bertz CT molecular complexity index is 1040. The Hall–Kier alpha value is -3.02. The molecular formula is C23H22F2N2O2. The van der Waals surface area contributed by atoms with Crippen molar-refractivity contribution in [3.63, 3.8) is 0 Å². The van der Waals surface area contributed by atoms with Crippen LogP contribution < -0.4 is 4.90 Å². The second-order valence-electron chi connectivity index (χ2n) is 7.63. The summed E-state index contributed by atoms with van der Waals surface area (Å²) >= 11 is 0. The molecule has 150 valence electrons. The van der Waals surface area contributed by atoms with E-state index >= 15 is 0 Å². The highest BCUT2D eigenvalue weighted by atomic mass is 19.2. The minimum absolute atomic E-state index is 0.0353. The monoisotopic (exact) mass is 396 g/mol. The molecule has 0 radical (unpaired) electrons. The molecule has 0 saturated carbocycles. The fraction of sp³-hybridized carbons (Fsp3) is 0.304. The van der Waals surface area contributed by atoms with Crippen LogP contribution in [-0.4, -0.2) is 29.8 Å². The third-order valence-corrected chi connectivity index (χ3v) is 5.54. The Morgan fingerprint density at radius 2 is 1.55 bits per heavy atom. The number of carbonyl (C=O) groups is 2. The number of benzene rings is 2. The summed E-state index contributed by atoms with van der Waals surface area (Å²) in [6, 6.07) is 8.80. The van der Waals surface area contributed by atoms with Gasteiger partial charge in [-0.2, -0.15) is 0 Å². The van der Waals surface area contributed by atoms with Gasteiger partial charge >= 0.3 is 0 Å². The zero-order valence-electron chi connectivity index (χ0n) is 16.5. The van der Waals surface area contributed by atoms with Gasteiger partial charge in [-0.3, -0.25) is 9.59 Å². The third-order valence-electron chi connectivity index (χ3n) is 5.54. The van der Waals surface area contributed by atoms with Gasteiger partial charge in [-0.05, 0) is 56.4 Å². The topological polar surface area (TPSA) is 40.6 Å².